The number of hydrogen-bond donors (Lipinski definition) is 4. The summed E-state index contributed by atoms with van der Waals surface area (Å²) >= 11 is 0. The third kappa shape index (κ3) is 8.72. The lowest BCUT2D eigenvalue weighted by molar-refractivity contribution is 0.198. The zero-order chi connectivity index (χ0) is 14.8. The van der Waals surface area contributed by atoms with Gasteiger partial charge in [-0.05, 0) is 39.2 Å². The summed E-state index contributed by atoms with van der Waals surface area (Å²) < 4.78 is 0. The molecule has 0 aromatic heterocycles. The normalized spacial score (nSPS) is 17.5. The van der Waals surface area contributed by atoms with Gasteiger partial charge in [-0.2, -0.15) is 0 Å². The highest BCUT2D eigenvalue weighted by Gasteiger charge is 2.08. The lowest BCUT2D eigenvalue weighted by Gasteiger charge is -2.13. The fraction of sp³-hybridized carbons (Fsp3) is 0.600. The summed E-state index contributed by atoms with van der Waals surface area (Å²) in [7, 11) is 0. The Hall–Kier alpha value is -0.940. The van der Waals surface area contributed by atoms with E-state index in [0.29, 0.717) is 18.4 Å². The van der Waals surface area contributed by atoms with Crippen LogP contribution in [0.1, 0.15) is 33.6 Å². The molecule has 0 saturated heterocycles. The Bertz CT molecular complexity index is 342. The van der Waals surface area contributed by atoms with Crippen LogP contribution in [0.4, 0.5) is 0 Å². The van der Waals surface area contributed by atoms with Crippen molar-refractivity contribution < 1.29 is 20.4 Å². The summed E-state index contributed by atoms with van der Waals surface area (Å²) in [6.45, 7) is 5.36. The third-order valence-electron chi connectivity index (χ3n) is 2.89. The molecule has 0 heterocycles. The lowest BCUT2D eigenvalue weighted by atomic mass is 10.0. The molecule has 0 rings (SSSR count). The fourth-order valence-corrected chi connectivity index (χ4v) is 1.61. The summed E-state index contributed by atoms with van der Waals surface area (Å²) in [5.41, 5.74) is 2.42. The van der Waals surface area contributed by atoms with Crippen LogP contribution in [0.3, 0.4) is 0 Å². The van der Waals surface area contributed by atoms with Crippen LogP contribution < -0.4 is 0 Å². The highest BCUT2D eigenvalue weighted by Crippen LogP contribution is 2.12. The molecule has 0 aliphatic rings. The van der Waals surface area contributed by atoms with Gasteiger partial charge in [-0.25, -0.2) is 0 Å². The van der Waals surface area contributed by atoms with Crippen LogP contribution >= 0.6 is 0 Å². The Morgan fingerprint density at radius 1 is 1.00 bits per heavy atom. The van der Waals surface area contributed by atoms with Crippen molar-refractivity contribution in [1.82, 2.24) is 0 Å². The van der Waals surface area contributed by atoms with Crippen molar-refractivity contribution in [3.8, 4) is 0 Å². The zero-order valence-corrected chi connectivity index (χ0v) is 12.0. The number of aliphatic hydroxyl groups excluding tert-OH is 4. The van der Waals surface area contributed by atoms with Crippen molar-refractivity contribution in [2.24, 2.45) is 0 Å². The third-order valence-corrected chi connectivity index (χ3v) is 2.89. The van der Waals surface area contributed by atoms with Crippen molar-refractivity contribution in [2.45, 2.75) is 45.8 Å². The SMILES string of the molecule is CC(=CCC(O)C(C)=CC(O)CC(C)=CCO)CO. The standard InChI is InChI=1S/C15H26O4/c1-11(6-7-16)8-14(18)9-13(3)15(19)5-4-12(2)10-17/h4,6,9,14-19H,5,7-8,10H2,1-3H3. The molecule has 4 nitrogen and oxygen atoms in total. The van der Waals surface area contributed by atoms with Crippen molar-refractivity contribution in [3.63, 3.8) is 0 Å². The molecule has 0 aliphatic carbocycles. The van der Waals surface area contributed by atoms with Gasteiger partial charge in [0.2, 0.25) is 0 Å². The first-order valence-electron chi connectivity index (χ1n) is 6.48. The molecular weight excluding hydrogens is 244 g/mol. The molecule has 4 N–H and O–H groups in total. The van der Waals surface area contributed by atoms with Gasteiger partial charge in [-0.15, -0.1) is 0 Å². The zero-order valence-electron chi connectivity index (χ0n) is 12.0. The summed E-state index contributed by atoms with van der Waals surface area (Å²) in [5, 5.41) is 37.3. The van der Waals surface area contributed by atoms with E-state index >= 15 is 0 Å². The largest absolute Gasteiger partial charge is 0.392 e. The molecule has 2 atom stereocenters. The first-order chi connectivity index (χ1) is 8.90. The molecular formula is C15H26O4. The first-order valence-corrected chi connectivity index (χ1v) is 6.48. The molecule has 0 saturated carbocycles. The van der Waals surface area contributed by atoms with Gasteiger partial charge in [0.25, 0.3) is 0 Å². The van der Waals surface area contributed by atoms with Gasteiger partial charge < -0.3 is 20.4 Å². The molecule has 0 radical (unpaired) electrons. The average Bonchev–Trinajstić information content (AvgIpc) is 2.35. The quantitative estimate of drug-likeness (QED) is 0.501. The minimum Gasteiger partial charge on any atom is -0.392 e. The Labute approximate surface area is 115 Å². The molecule has 110 valence electrons. The van der Waals surface area contributed by atoms with E-state index in [0.717, 1.165) is 11.1 Å². The van der Waals surface area contributed by atoms with Gasteiger partial charge in [-0.3, -0.25) is 0 Å². The van der Waals surface area contributed by atoms with Gasteiger partial charge in [0.05, 0.1) is 25.4 Å². The van der Waals surface area contributed by atoms with Gasteiger partial charge in [0, 0.05) is 0 Å². The molecule has 0 aromatic rings. The second-order valence-corrected chi connectivity index (χ2v) is 4.88. The molecule has 2 unspecified atom stereocenters. The van der Waals surface area contributed by atoms with E-state index in [1.54, 1.807) is 32.1 Å². The van der Waals surface area contributed by atoms with E-state index in [1.807, 2.05) is 6.92 Å². The molecule has 4 heteroatoms. The Morgan fingerprint density at radius 3 is 2.16 bits per heavy atom. The molecule has 0 aliphatic heterocycles. The lowest BCUT2D eigenvalue weighted by Crippen LogP contribution is -2.12. The van der Waals surface area contributed by atoms with Gasteiger partial charge in [0.1, 0.15) is 0 Å². The van der Waals surface area contributed by atoms with Crippen molar-refractivity contribution >= 4 is 0 Å². The summed E-state index contributed by atoms with van der Waals surface area (Å²) in [5.74, 6) is 0. The van der Waals surface area contributed by atoms with Crippen molar-refractivity contribution in [2.75, 3.05) is 13.2 Å². The summed E-state index contributed by atoms with van der Waals surface area (Å²) in [4.78, 5) is 0. The average molecular weight is 270 g/mol. The second-order valence-electron chi connectivity index (χ2n) is 4.88. The van der Waals surface area contributed by atoms with E-state index in [4.69, 9.17) is 10.2 Å². The predicted molar refractivity (Wildman–Crippen MR) is 76.7 cm³/mol. The summed E-state index contributed by atoms with van der Waals surface area (Å²) in [6, 6.07) is 0. The molecule has 19 heavy (non-hydrogen) atoms. The van der Waals surface area contributed by atoms with E-state index in [1.165, 1.54) is 0 Å². The molecule has 0 amide bonds. The monoisotopic (exact) mass is 270 g/mol. The number of hydrogen-bond acceptors (Lipinski definition) is 4. The van der Waals surface area contributed by atoms with E-state index in [9.17, 15) is 10.2 Å². The van der Waals surface area contributed by atoms with Crippen LogP contribution in [0, 0.1) is 0 Å². The molecule has 0 spiro atoms. The van der Waals surface area contributed by atoms with Crippen LogP contribution in [0.15, 0.2) is 34.9 Å². The fourth-order valence-electron chi connectivity index (χ4n) is 1.61. The molecule has 0 bridgehead atoms. The van der Waals surface area contributed by atoms with Crippen LogP contribution in [-0.4, -0.2) is 45.8 Å². The minimum absolute atomic E-state index is 0.0107. The van der Waals surface area contributed by atoms with E-state index < -0.39 is 12.2 Å². The smallest absolute Gasteiger partial charge is 0.0782 e. The van der Waals surface area contributed by atoms with Crippen LogP contribution in [0.25, 0.3) is 0 Å². The maximum Gasteiger partial charge on any atom is 0.0782 e. The van der Waals surface area contributed by atoms with Crippen molar-refractivity contribution in [1.29, 1.82) is 0 Å². The van der Waals surface area contributed by atoms with Gasteiger partial charge in [0.15, 0.2) is 0 Å². The minimum atomic E-state index is -0.666. The number of rotatable bonds is 8. The molecule has 0 aromatic carbocycles. The van der Waals surface area contributed by atoms with Crippen LogP contribution in [-0.2, 0) is 0 Å². The Balaban J connectivity index is 4.41. The highest BCUT2D eigenvalue weighted by molar-refractivity contribution is 5.13. The topological polar surface area (TPSA) is 80.9 Å². The van der Waals surface area contributed by atoms with E-state index in [-0.39, 0.29) is 13.2 Å². The van der Waals surface area contributed by atoms with Gasteiger partial charge in [-0.1, -0.05) is 29.4 Å². The van der Waals surface area contributed by atoms with Crippen LogP contribution in [0.2, 0.25) is 0 Å². The number of aliphatic hydroxyl groups is 4. The highest BCUT2D eigenvalue weighted by atomic mass is 16.3. The first kappa shape index (κ1) is 18.1. The molecule has 0 fully saturated rings. The second kappa shape index (κ2) is 9.92. The maximum atomic E-state index is 9.89. The maximum absolute atomic E-state index is 9.89. The van der Waals surface area contributed by atoms with E-state index in [2.05, 4.69) is 0 Å². The van der Waals surface area contributed by atoms with Crippen LogP contribution in [0.5, 0.6) is 0 Å². The van der Waals surface area contributed by atoms with Crippen molar-refractivity contribution in [3.05, 3.63) is 34.9 Å². The Morgan fingerprint density at radius 2 is 1.63 bits per heavy atom. The van der Waals surface area contributed by atoms with Gasteiger partial charge >= 0.3 is 0 Å². The predicted octanol–water partition coefficient (Wildman–Crippen LogP) is 1.31. The Kier molecular flexibility index (Phi) is 9.43. The summed E-state index contributed by atoms with van der Waals surface area (Å²) in [6.07, 6.45) is 4.60.